The average molecular weight is 231 g/mol. The van der Waals surface area contributed by atoms with Crippen molar-refractivity contribution in [3.63, 3.8) is 0 Å². The fourth-order valence-electron chi connectivity index (χ4n) is 2.82. The highest BCUT2D eigenvalue weighted by molar-refractivity contribution is 6.27. The lowest BCUT2D eigenvalue weighted by Gasteiger charge is -2.28. The maximum atomic E-state index is 11.5. The van der Waals surface area contributed by atoms with Crippen molar-refractivity contribution < 1.29 is 4.79 Å². The Morgan fingerprint density at radius 2 is 2.07 bits per heavy atom. The molecular weight excluding hydrogens is 212 g/mol. The Balaban J connectivity index is 1.94. The molecule has 1 spiro atoms. The highest BCUT2D eigenvalue weighted by Crippen LogP contribution is 2.30. The van der Waals surface area contributed by atoms with Gasteiger partial charge in [0.25, 0.3) is 0 Å². The SMILES string of the molecule is O=C(CCl)N1CCCC2(CCCN2)CC1. The topological polar surface area (TPSA) is 32.3 Å². The molecule has 0 aromatic carbocycles. The number of amides is 1. The van der Waals surface area contributed by atoms with E-state index in [4.69, 9.17) is 11.6 Å². The summed E-state index contributed by atoms with van der Waals surface area (Å²) in [6.07, 6.45) is 5.96. The van der Waals surface area contributed by atoms with Gasteiger partial charge in [0, 0.05) is 18.6 Å². The van der Waals surface area contributed by atoms with E-state index in [1.807, 2.05) is 4.90 Å². The minimum atomic E-state index is 0.0895. The zero-order valence-corrected chi connectivity index (χ0v) is 9.85. The number of hydrogen-bond donors (Lipinski definition) is 1. The van der Waals surface area contributed by atoms with Gasteiger partial charge >= 0.3 is 0 Å². The highest BCUT2D eigenvalue weighted by Gasteiger charge is 2.35. The summed E-state index contributed by atoms with van der Waals surface area (Å²) in [6, 6.07) is 0. The Bertz CT molecular complexity index is 239. The fourth-order valence-corrected chi connectivity index (χ4v) is 2.99. The molecule has 2 aliphatic rings. The molecule has 2 aliphatic heterocycles. The molecule has 3 nitrogen and oxygen atoms in total. The number of alkyl halides is 1. The predicted molar refractivity (Wildman–Crippen MR) is 61.1 cm³/mol. The second-order valence-electron chi connectivity index (χ2n) is 4.68. The Morgan fingerprint density at radius 1 is 1.27 bits per heavy atom. The number of carbonyl (C=O) groups is 1. The van der Waals surface area contributed by atoms with E-state index >= 15 is 0 Å². The second kappa shape index (κ2) is 4.71. The van der Waals surface area contributed by atoms with Crippen molar-refractivity contribution in [1.82, 2.24) is 10.2 Å². The third-order valence-electron chi connectivity index (χ3n) is 3.74. The third-order valence-corrected chi connectivity index (χ3v) is 3.97. The molecule has 0 saturated carbocycles. The summed E-state index contributed by atoms with van der Waals surface area (Å²) >= 11 is 5.58. The smallest absolute Gasteiger partial charge is 0.237 e. The van der Waals surface area contributed by atoms with E-state index in [-0.39, 0.29) is 11.8 Å². The average Bonchev–Trinajstić information content (AvgIpc) is 2.60. The van der Waals surface area contributed by atoms with Gasteiger partial charge in [-0.1, -0.05) is 0 Å². The number of halogens is 1. The van der Waals surface area contributed by atoms with Crippen molar-refractivity contribution in [2.45, 2.75) is 37.6 Å². The van der Waals surface area contributed by atoms with Crippen molar-refractivity contribution in [3.05, 3.63) is 0 Å². The summed E-state index contributed by atoms with van der Waals surface area (Å²) in [4.78, 5) is 13.4. The Hall–Kier alpha value is -0.280. The van der Waals surface area contributed by atoms with Gasteiger partial charge in [0.2, 0.25) is 5.91 Å². The molecule has 2 saturated heterocycles. The summed E-state index contributed by atoms with van der Waals surface area (Å²) in [7, 11) is 0. The van der Waals surface area contributed by atoms with E-state index < -0.39 is 0 Å². The number of likely N-dealkylation sites (tertiary alicyclic amines) is 1. The standard InChI is InChI=1S/C11H19ClN2O/c12-9-10(15)14-7-2-4-11(5-8-14)3-1-6-13-11/h13H,1-9H2. The van der Waals surface area contributed by atoms with Crippen molar-refractivity contribution in [2.24, 2.45) is 0 Å². The number of carbonyl (C=O) groups excluding carboxylic acids is 1. The summed E-state index contributed by atoms with van der Waals surface area (Å²) in [5.41, 5.74) is 0.335. The van der Waals surface area contributed by atoms with E-state index in [0.717, 1.165) is 32.5 Å². The first-order valence-electron chi connectivity index (χ1n) is 5.85. The maximum Gasteiger partial charge on any atom is 0.237 e. The van der Waals surface area contributed by atoms with E-state index in [0.29, 0.717) is 5.54 Å². The van der Waals surface area contributed by atoms with Crippen molar-refractivity contribution in [3.8, 4) is 0 Å². The molecule has 1 amide bonds. The lowest BCUT2D eigenvalue weighted by Crippen LogP contribution is -2.41. The van der Waals surface area contributed by atoms with Crippen LogP contribution in [0.15, 0.2) is 0 Å². The normalized spacial score (nSPS) is 31.9. The molecule has 86 valence electrons. The molecule has 15 heavy (non-hydrogen) atoms. The van der Waals surface area contributed by atoms with Crippen LogP contribution < -0.4 is 5.32 Å². The number of hydrogen-bond acceptors (Lipinski definition) is 2. The number of rotatable bonds is 1. The van der Waals surface area contributed by atoms with Gasteiger partial charge in [-0.3, -0.25) is 4.79 Å². The molecule has 1 N–H and O–H groups in total. The molecule has 2 rings (SSSR count). The molecule has 0 bridgehead atoms. The van der Waals surface area contributed by atoms with Gasteiger partial charge in [-0.25, -0.2) is 0 Å². The van der Waals surface area contributed by atoms with Crippen LogP contribution in [0, 0.1) is 0 Å². The van der Waals surface area contributed by atoms with Crippen LogP contribution in [0.5, 0.6) is 0 Å². The molecule has 1 unspecified atom stereocenters. The summed E-state index contributed by atoms with van der Waals surface area (Å²) in [5, 5.41) is 3.62. The molecule has 2 fully saturated rings. The molecular formula is C11H19ClN2O. The minimum absolute atomic E-state index is 0.0895. The molecule has 0 aliphatic carbocycles. The van der Waals surface area contributed by atoms with E-state index in [1.54, 1.807) is 0 Å². The minimum Gasteiger partial charge on any atom is -0.342 e. The van der Waals surface area contributed by atoms with Crippen LogP contribution in [0.25, 0.3) is 0 Å². The number of nitrogens with zero attached hydrogens (tertiary/aromatic N) is 1. The fraction of sp³-hybridized carbons (Fsp3) is 0.909. The van der Waals surface area contributed by atoms with Crippen LogP contribution in [0.1, 0.15) is 32.1 Å². The lowest BCUT2D eigenvalue weighted by atomic mass is 9.89. The van der Waals surface area contributed by atoms with Crippen LogP contribution in [-0.2, 0) is 4.79 Å². The van der Waals surface area contributed by atoms with Crippen molar-refractivity contribution >= 4 is 17.5 Å². The van der Waals surface area contributed by atoms with Gasteiger partial charge < -0.3 is 10.2 Å². The van der Waals surface area contributed by atoms with Gasteiger partial charge in [-0.2, -0.15) is 0 Å². The first-order chi connectivity index (χ1) is 7.26. The van der Waals surface area contributed by atoms with Crippen LogP contribution in [0.2, 0.25) is 0 Å². The van der Waals surface area contributed by atoms with Crippen LogP contribution in [0.4, 0.5) is 0 Å². The molecule has 4 heteroatoms. The zero-order chi connectivity index (χ0) is 10.7. The van der Waals surface area contributed by atoms with Gasteiger partial charge in [0.15, 0.2) is 0 Å². The molecule has 2 heterocycles. The largest absolute Gasteiger partial charge is 0.342 e. The zero-order valence-electron chi connectivity index (χ0n) is 9.10. The lowest BCUT2D eigenvalue weighted by molar-refractivity contribution is -0.128. The molecule has 0 radical (unpaired) electrons. The second-order valence-corrected chi connectivity index (χ2v) is 4.95. The third kappa shape index (κ3) is 2.45. The Labute approximate surface area is 96.2 Å². The van der Waals surface area contributed by atoms with E-state index in [1.165, 1.54) is 19.3 Å². The van der Waals surface area contributed by atoms with Crippen LogP contribution in [-0.4, -0.2) is 41.9 Å². The molecule has 0 aromatic heterocycles. The van der Waals surface area contributed by atoms with Crippen LogP contribution in [0.3, 0.4) is 0 Å². The summed E-state index contributed by atoms with van der Waals surface area (Å²) in [6.45, 7) is 2.90. The van der Waals surface area contributed by atoms with Gasteiger partial charge in [0.05, 0.1) is 0 Å². The molecule has 0 aromatic rings. The quantitative estimate of drug-likeness (QED) is 0.690. The van der Waals surface area contributed by atoms with Gasteiger partial charge in [0.1, 0.15) is 5.88 Å². The maximum absolute atomic E-state index is 11.5. The van der Waals surface area contributed by atoms with E-state index in [2.05, 4.69) is 5.32 Å². The van der Waals surface area contributed by atoms with Crippen molar-refractivity contribution in [1.29, 1.82) is 0 Å². The number of nitrogens with one attached hydrogen (secondary N) is 1. The summed E-state index contributed by atoms with van der Waals surface area (Å²) < 4.78 is 0. The summed E-state index contributed by atoms with van der Waals surface area (Å²) in [5.74, 6) is 0.215. The Kier molecular flexibility index (Phi) is 3.52. The van der Waals surface area contributed by atoms with Gasteiger partial charge in [-0.15, -0.1) is 11.6 Å². The van der Waals surface area contributed by atoms with Gasteiger partial charge in [-0.05, 0) is 38.6 Å². The van der Waals surface area contributed by atoms with E-state index in [9.17, 15) is 4.79 Å². The van der Waals surface area contributed by atoms with Crippen molar-refractivity contribution in [2.75, 3.05) is 25.5 Å². The Morgan fingerprint density at radius 3 is 2.73 bits per heavy atom. The predicted octanol–water partition coefficient (Wildman–Crippen LogP) is 1.36. The molecule has 1 atom stereocenters. The van der Waals surface area contributed by atoms with Crippen LogP contribution >= 0.6 is 11.6 Å². The monoisotopic (exact) mass is 230 g/mol. The first-order valence-corrected chi connectivity index (χ1v) is 6.38. The first kappa shape index (κ1) is 11.2. The highest BCUT2D eigenvalue weighted by atomic mass is 35.5.